The Bertz CT molecular complexity index is 2790. The van der Waals surface area contributed by atoms with Crippen LogP contribution in [0.3, 0.4) is 0 Å². The summed E-state index contributed by atoms with van der Waals surface area (Å²) >= 11 is 0. The van der Waals surface area contributed by atoms with Crippen LogP contribution in [0.2, 0.25) is 0 Å². The third-order valence-corrected chi connectivity index (χ3v) is 11.4. The molecule has 0 N–H and O–H groups in total. The zero-order valence-corrected chi connectivity index (χ0v) is 25.6. The third kappa shape index (κ3) is 2.61. The third-order valence-electron chi connectivity index (χ3n) is 11.4. The number of rotatable bonds is 0. The second-order valence-corrected chi connectivity index (χ2v) is 13.6. The van der Waals surface area contributed by atoms with Crippen LogP contribution in [0, 0.1) is 0 Å². The van der Waals surface area contributed by atoms with Gasteiger partial charge in [-0.1, -0.05) is 72.8 Å². The van der Waals surface area contributed by atoms with Crippen LogP contribution in [0.15, 0.2) is 133 Å². The molecule has 0 saturated heterocycles. The Labute approximate surface area is 275 Å². The van der Waals surface area contributed by atoms with Crippen LogP contribution in [-0.4, -0.2) is 22.6 Å². The van der Waals surface area contributed by atoms with Gasteiger partial charge in [0.15, 0.2) is 0 Å². The van der Waals surface area contributed by atoms with Crippen LogP contribution >= 0.6 is 0 Å². The molecule has 13 rings (SSSR count). The van der Waals surface area contributed by atoms with Crippen molar-refractivity contribution in [3.05, 3.63) is 133 Å². The number of ether oxygens (including phenoxy) is 2. The summed E-state index contributed by atoms with van der Waals surface area (Å²) in [6.45, 7) is 0.240. The van der Waals surface area contributed by atoms with Gasteiger partial charge in [0.1, 0.15) is 23.0 Å². The van der Waals surface area contributed by atoms with Crippen molar-refractivity contribution in [1.29, 1.82) is 0 Å². The van der Waals surface area contributed by atoms with Gasteiger partial charge >= 0.3 is 0 Å². The maximum atomic E-state index is 6.61. The topological polar surface area (TPSA) is 28.3 Å². The first-order chi connectivity index (χ1) is 23.8. The molecule has 0 radical (unpaired) electrons. The Hall–Kier alpha value is -6.13. The fourth-order valence-electron chi connectivity index (χ4n) is 9.64. The van der Waals surface area contributed by atoms with E-state index >= 15 is 0 Å². The van der Waals surface area contributed by atoms with Crippen LogP contribution < -0.4 is 42.3 Å². The van der Waals surface area contributed by atoms with E-state index in [2.05, 4.69) is 143 Å². The Kier molecular flexibility index (Phi) is 4.04. The van der Waals surface area contributed by atoms with Gasteiger partial charge < -0.3 is 18.6 Å². The molecule has 48 heavy (non-hydrogen) atoms. The number of nitrogens with zero attached hydrogens (tertiary/aromatic N) is 2. The first-order valence-electron chi connectivity index (χ1n) is 16.7. The number of benzene rings is 7. The Morgan fingerprint density at radius 3 is 1.31 bits per heavy atom. The van der Waals surface area contributed by atoms with Crippen molar-refractivity contribution in [2.75, 3.05) is 0 Å². The minimum absolute atomic E-state index is 0.120. The molecule has 0 spiro atoms. The molecule has 6 heterocycles. The molecular formula is C42H22B2N2O2. The van der Waals surface area contributed by atoms with E-state index in [1.807, 2.05) is 0 Å². The largest absolute Gasteiger partial charge is 0.458 e. The summed E-state index contributed by atoms with van der Waals surface area (Å²) < 4.78 is 18.2. The molecule has 0 unspecified atom stereocenters. The van der Waals surface area contributed by atoms with E-state index in [1.165, 1.54) is 87.8 Å². The van der Waals surface area contributed by atoms with Gasteiger partial charge in [-0.15, -0.1) is 0 Å². The van der Waals surface area contributed by atoms with Crippen molar-refractivity contribution in [2.24, 2.45) is 0 Å². The summed E-state index contributed by atoms with van der Waals surface area (Å²) in [6.07, 6.45) is 0. The molecule has 0 atom stereocenters. The maximum Gasteiger partial charge on any atom is 0.256 e. The fourth-order valence-corrected chi connectivity index (χ4v) is 9.64. The van der Waals surface area contributed by atoms with E-state index in [9.17, 15) is 0 Å². The van der Waals surface area contributed by atoms with Gasteiger partial charge in [0.25, 0.3) is 13.4 Å². The second kappa shape index (κ2) is 8.04. The number of hydrogen-bond acceptors (Lipinski definition) is 2. The van der Waals surface area contributed by atoms with Gasteiger partial charge in [0.2, 0.25) is 0 Å². The van der Waals surface area contributed by atoms with E-state index in [-0.39, 0.29) is 13.4 Å². The van der Waals surface area contributed by atoms with Gasteiger partial charge in [-0.3, -0.25) is 0 Å². The van der Waals surface area contributed by atoms with E-state index in [0.29, 0.717) is 0 Å². The van der Waals surface area contributed by atoms with Crippen molar-refractivity contribution in [1.82, 2.24) is 9.13 Å². The molecule has 0 bridgehead atoms. The van der Waals surface area contributed by atoms with Gasteiger partial charge in [0, 0.05) is 32.9 Å². The second-order valence-electron chi connectivity index (χ2n) is 13.6. The molecule has 0 aliphatic carbocycles. The first kappa shape index (κ1) is 24.1. The lowest BCUT2D eigenvalue weighted by Crippen LogP contribution is -2.58. The molecule has 0 fully saturated rings. The van der Waals surface area contributed by atoms with Crippen molar-refractivity contribution in [2.45, 2.75) is 0 Å². The van der Waals surface area contributed by atoms with E-state index < -0.39 is 0 Å². The molecule has 9 aromatic rings. The summed E-state index contributed by atoms with van der Waals surface area (Å²) in [6, 6.07) is 48.7. The number of fused-ring (bicyclic) bond motifs is 16. The molecule has 7 aromatic carbocycles. The molecule has 2 aromatic heterocycles. The summed E-state index contributed by atoms with van der Waals surface area (Å²) in [4.78, 5) is 0. The van der Waals surface area contributed by atoms with Crippen LogP contribution in [0.4, 0.5) is 0 Å². The van der Waals surface area contributed by atoms with Crippen LogP contribution in [0.1, 0.15) is 0 Å². The van der Waals surface area contributed by atoms with Crippen LogP contribution in [-0.2, 0) is 0 Å². The van der Waals surface area contributed by atoms with Crippen molar-refractivity contribution < 1.29 is 9.47 Å². The Morgan fingerprint density at radius 1 is 0.375 bits per heavy atom. The predicted octanol–water partition coefficient (Wildman–Crippen LogP) is 5.75. The summed E-state index contributed by atoms with van der Waals surface area (Å²) in [5.74, 6) is 3.79. The highest BCUT2D eigenvalue weighted by molar-refractivity contribution is 7.00. The highest BCUT2D eigenvalue weighted by atomic mass is 16.5. The summed E-state index contributed by atoms with van der Waals surface area (Å²) in [5, 5.41) is 5.05. The lowest BCUT2D eigenvalue weighted by atomic mass is 9.34. The number of para-hydroxylation sites is 4. The molecule has 4 aliphatic rings. The highest BCUT2D eigenvalue weighted by Crippen LogP contribution is 2.43. The molecule has 6 heteroatoms. The predicted molar refractivity (Wildman–Crippen MR) is 197 cm³/mol. The van der Waals surface area contributed by atoms with E-state index in [4.69, 9.17) is 9.47 Å². The SMILES string of the molecule is c1ccc2c(c1)Oc1ccc3c4cc5c6ccc7c8c6n(c5cc4n4c3c1B2c1ccccc1-4)-c1ccccc1B8c1ccccc1O7. The van der Waals surface area contributed by atoms with Crippen molar-refractivity contribution in [3.63, 3.8) is 0 Å². The number of hydrogen-bond donors (Lipinski definition) is 0. The standard InChI is InChI=1S/C42H22B2N2O2/c1-5-13-31-27(9-1)43-29-11-3-7-15-35(29)47-37-19-17-23-25-21-26-24-18-20-38-40-42(24)46(34(26)22-33(25)45(31)41(23)39(37)43)32-14-6-2-10-28(32)44(40)30-12-4-8-16-36(30)48-38/h1-22H. The molecule has 4 nitrogen and oxygen atoms in total. The molecule has 218 valence electrons. The summed E-state index contributed by atoms with van der Waals surface area (Å²) in [5.41, 5.74) is 15.0. The van der Waals surface area contributed by atoms with Crippen molar-refractivity contribution >= 4 is 89.8 Å². The van der Waals surface area contributed by atoms with Gasteiger partial charge in [-0.25, -0.2) is 0 Å². The first-order valence-corrected chi connectivity index (χ1v) is 16.7. The maximum absolute atomic E-state index is 6.61. The quantitative estimate of drug-likeness (QED) is 0.205. The normalized spacial score (nSPS) is 14.1. The van der Waals surface area contributed by atoms with E-state index in [0.717, 1.165) is 23.0 Å². The molecule has 4 aliphatic heterocycles. The molecular weight excluding hydrogens is 586 g/mol. The van der Waals surface area contributed by atoms with Crippen LogP contribution in [0.25, 0.3) is 55.0 Å². The Morgan fingerprint density at radius 2 is 0.812 bits per heavy atom. The monoisotopic (exact) mass is 608 g/mol. The lowest BCUT2D eigenvalue weighted by molar-refractivity contribution is 0.487. The van der Waals surface area contributed by atoms with Gasteiger partial charge in [0.05, 0.1) is 22.1 Å². The smallest absolute Gasteiger partial charge is 0.256 e. The Balaban J connectivity index is 1.20. The van der Waals surface area contributed by atoms with Crippen molar-refractivity contribution in [3.8, 4) is 34.4 Å². The average Bonchev–Trinajstić information content (AvgIpc) is 3.65. The van der Waals surface area contributed by atoms with Crippen LogP contribution in [0.5, 0.6) is 23.0 Å². The minimum atomic E-state index is 0.120. The summed E-state index contributed by atoms with van der Waals surface area (Å²) in [7, 11) is 0. The molecule has 0 saturated carbocycles. The fraction of sp³-hybridized carbons (Fsp3) is 0. The molecule has 0 amide bonds. The average molecular weight is 608 g/mol. The highest BCUT2D eigenvalue weighted by Gasteiger charge is 2.42. The zero-order chi connectivity index (χ0) is 30.8. The van der Waals surface area contributed by atoms with E-state index in [1.54, 1.807) is 0 Å². The van der Waals surface area contributed by atoms with Gasteiger partial charge in [-0.2, -0.15) is 0 Å². The lowest BCUT2D eigenvalue weighted by Gasteiger charge is -2.33. The van der Waals surface area contributed by atoms with Gasteiger partial charge in [-0.05, 0) is 93.4 Å². The zero-order valence-electron chi connectivity index (χ0n) is 25.6. The number of aromatic nitrogens is 2. The minimum Gasteiger partial charge on any atom is -0.458 e.